The van der Waals surface area contributed by atoms with Crippen molar-refractivity contribution in [3.63, 3.8) is 0 Å². The second-order valence-electron chi connectivity index (χ2n) is 2.63. The normalized spacial score (nSPS) is 10.5. The molecule has 1 heterocycles. The van der Waals surface area contributed by atoms with E-state index in [9.17, 15) is 8.78 Å². The SMILES string of the molecule is Fc1cc(F)cc(-c2nc(I)co2)c1. The summed E-state index contributed by atoms with van der Waals surface area (Å²) in [5.41, 5.74) is 0.297. The van der Waals surface area contributed by atoms with Crippen molar-refractivity contribution in [2.75, 3.05) is 0 Å². The minimum absolute atomic E-state index is 0.216. The lowest BCUT2D eigenvalue weighted by atomic mass is 10.2. The van der Waals surface area contributed by atoms with E-state index in [2.05, 4.69) is 4.98 Å². The molecule has 2 nitrogen and oxygen atoms in total. The fraction of sp³-hybridized carbons (Fsp3) is 0. The Hall–Kier alpha value is -0.980. The zero-order chi connectivity index (χ0) is 10.1. The summed E-state index contributed by atoms with van der Waals surface area (Å²) in [6.45, 7) is 0. The highest BCUT2D eigenvalue weighted by molar-refractivity contribution is 14.1. The Morgan fingerprint density at radius 3 is 2.29 bits per heavy atom. The second kappa shape index (κ2) is 3.64. The third-order valence-electron chi connectivity index (χ3n) is 1.59. The maximum Gasteiger partial charge on any atom is 0.227 e. The van der Waals surface area contributed by atoms with E-state index >= 15 is 0 Å². The number of rotatable bonds is 1. The predicted molar refractivity (Wildman–Crippen MR) is 54.6 cm³/mol. The molecule has 0 aliphatic rings. The number of oxazole rings is 1. The van der Waals surface area contributed by atoms with E-state index < -0.39 is 11.6 Å². The molecule has 0 N–H and O–H groups in total. The summed E-state index contributed by atoms with van der Waals surface area (Å²) in [7, 11) is 0. The minimum atomic E-state index is -0.645. The molecule has 0 atom stereocenters. The van der Waals surface area contributed by atoms with Gasteiger partial charge in [-0.2, -0.15) is 0 Å². The fourth-order valence-corrected chi connectivity index (χ4v) is 1.41. The third-order valence-corrected chi connectivity index (χ3v) is 2.08. The van der Waals surface area contributed by atoms with Gasteiger partial charge in [-0.3, -0.25) is 0 Å². The first-order valence-corrected chi connectivity index (χ1v) is 4.80. The van der Waals surface area contributed by atoms with Gasteiger partial charge in [-0.05, 0) is 34.7 Å². The minimum Gasteiger partial charge on any atom is -0.443 e. The van der Waals surface area contributed by atoms with Gasteiger partial charge in [0, 0.05) is 11.6 Å². The molecule has 72 valence electrons. The fourth-order valence-electron chi connectivity index (χ4n) is 1.06. The van der Waals surface area contributed by atoms with Gasteiger partial charge in [0.25, 0.3) is 0 Å². The van der Waals surface area contributed by atoms with Crippen molar-refractivity contribution in [1.82, 2.24) is 4.98 Å². The molecule has 1 aromatic carbocycles. The molecule has 0 fully saturated rings. The topological polar surface area (TPSA) is 26.0 Å². The van der Waals surface area contributed by atoms with Gasteiger partial charge in [-0.15, -0.1) is 0 Å². The molecule has 2 aromatic rings. The molecule has 0 spiro atoms. The van der Waals surface area contributed by atoms with Crippen LogP contribution < -0.4 is 0 Å². The molecule has 5 heteroatoms. The first-order chi connectivity index (χ1) is 6.65. The Kier molecular flexibility index (Phi) is 2.49. The molecule has 14 heavy (non-hydrogen) atoms. The molecule has 1 aromatic heterocycles. The van der Waals surface area contributed by atoms with Crippen LogP contribution in [0.4, 0.5) is 8.78 Å². The van der Waals surface area contributed by atoms with E-state index in [0.29, 0.717) is 9.26 Å². The summed E-state index contributed by atoms with van der Waals surface area (Å²) in [6.07, 6.45) is 1.42. The van der Waals surface area contributed by atoms with E-state index in [1.54, 1.807) is 0 Å². The van der Waals surface area contributed by atoms with Gasteiger partial charge >= 0.3 is 0 Å². The Balaban J connectivity index is 2.51. The number of nitrogens with zero attached hydrogens (tertiary/aromatic N) is 1. The van der Waals surface area contributed by atoms with Crippen LogP contribution in [-0.2, 0) is 0 Å². The van der Waals surface area contributed by atoms with Crippen LogP contribution in [0.5, 0.6) is 0 Å². The number of hydrogen-bond donors (Lipinski definition) is 0. The van der Waals surface area contributed by atoms with Crippen LogP contribution in [0.1, 0.15) is 0 Å². The second-order valence-corrected chi connectivity index (χ2v) is 3.74. The maximum atomic E-state index is 12.8. The van der Waals surface area contributed by atoms with Gasteiger partial charge in [0.15, 0.2) is 0 Å². The van der Waals surface area contributed by atoms with Crippen molar-refractivity contribution in [1.29, 1.82) is 0 Å². The predicted octanol–water partition coefficient (Wildman–Crippen LogP) is 3.22. The van der Waals surface area contributed by atoms with Gasteiger partial charge in [-0.25, -0.2) is 13.8 Å². The van der Waals surface area contributed by atoms with Gasteiger partial charge < -0.3 is 4.42 Å². The van der Waals surface area contributed by atoms with Crippen LogP contribution >= 0.6 is 22.6 Å². The Morgan fingerprint density at radius 2 is 1.79 bits per heavy atom. The number of halogens is 3. The van der Waals surface area contributed by atoms with Crippen molar-refractivity contribution in [3.05, 3.63) is 39.8 Å². The third kappa shape index (κ3) is 1.92. The molecule has 2 rings (SSSR count). The first kappa shape index (κ1) is 9.57. The summed E-state index contributed by atoms with van der Waals surface area (Å²) in [5, 5.41) is 0. The van der Waals surface area contributed by atoms with Crippen molar-refractivity contribution >= 4 is 22.6 Å². The van der Waals surface area contributed by atoms with E-state index in [4.69, 9.17) is 4.42 Å². The molecule has 0 aliphatic carbocycles. The Bertz CT molecular complexity index is 449. The van der Waals surface area contributed by atoms with Gasteiger partial charge in [-0.1, -0.05) is 0 Å². The molecule has 0 aliphatic heterocycles. The van der Waals surface area contributed by atoms with Crippen molar-refractivity contribution in [2.45, 2.75) is 0 Å². The van der Waals surface area contributed by atoms with E-state index in [-0.39, 0.29) is 5.89 Å². The molecule has 0 saturated carbocycles. The summed E-state index contributed by atoms with van der Waals surface area (Å²) < 4.78 is 31.3. The average Bonchev–Trinajstić information content (AvgIpc) is 2.50. The monoisotopic (exact) mass is 307 g/mol. The average molecular weight is 307 g/mol. The Morgan fingerprint density at radius 1 is 1.14 bits per heavy atom. The molecule has 0 radical (unpaired) electrons. The summed E-state index contributed by atoms with van der Waals surface area (Å²) in [6, 6.07) is 3.15. The summed E-state index contributed by atoms with van der Waals surface area (Å²) >= 11 is 1.95. The smallest absolute Gasteiger partial charge is 0.227 e. The lowest BCUT2D eigenvalue weighted by Gasteiger charge is -1.95. The van der Waals surface area contributed by atoms with E-state index in [1.165, 1.54) is 18.4 Å². The number of aromatic nitrogens is 1. The first-order valence-electron chi connectivity index (χ1n) is 3.72. The highest BCUT2D eigenvalue weighted by Crippen LogP contribution is 2.21. The van der Waals surface area contributed by atoms with Gasteiger partial charge in [0.05, 0.1) is 0 Å². The quantitative estimate of drug-likeness (QED) is 0.756. The van der Waals surface area contributed by atoms with Gasteiger partial charge in [0.1, 0.15) is 21.6 Å². The van der Waals surface area contributed by atoms with Crippen molar-refractivity contribution in [3.8, 4) is 11.5 Å². The molecule has 0 amide bonds. The molecule has 0 unspecified atom stereocenters. The molecular formula is C9H4F2INO. The standard InChI is InChI=1S/C9H4F2INO/c10-6-1-5(2-7(11)3-6)9-13-8(12)4-14-9/h1-4H. The highest BCUT2D eigenvalue weighted by atomic mass is 127. The van der Waals surface area contributed by atoms with Crippen LogP contribution in [0.15, 0.2) is 28.9 Å². The number of benzene rings is 1. The lowest BCUT2D eigenvalue weighted by molar-refractivity contribution is 0.563. The van der Waals surface area contributed by atoms with Crippen LogP contribution in [0, 0.1) is 15.3 Å². The van der Waals surface area contributed by atoms with Crippen LogP contribution in [-0.4, -0.2) is 4.98 Å². The maximum absolute atomic E-state index is 12.8. The van der Waals surface area contributed by atoms with Crippen LogP contribution in [0.3, 0.4) is 0 Å². The van der Waals surface area contributed by atoms with Crippen molar-refractivity contribution in [2.24, 2.45) is 0 Å². The van der Waals surface area contributed by atoms with E-state index in [0.717, 1.165) is 6.07 Å². The van der Waals surface area contributed by atoms with Crippen LogP contribution in [0.2, 0.25) is 0 Å². The largest absolute Gasteiger partial charge is 0.443 e. The summed E-state index contributed by atoms with van der Waals surface area (Å²) in [4.78, 5) is 3.95. The van der Waals surface area contributed by atoms with Crippen molar-refractivity contribution < 1.29 is 13.2 Å². The zero-order valence-corrected chi connectivity index (χ0v) is 8.96. The zero-order valence-electron chi connectivity index (χ0n) is 6.80. The Labute approximate surface area is 92.1 Å². The number of hydrogen-bond acceptors (Lipinski definition) is 2. The van der Waals surface area contributed by atoms with Crippen LogP contribution in [0.25, 0.3) is 11.5 Å². The molecule has 0 bridgehead atoms. The van der Waals surface area contributed by atoms with Gasteiger partial charge in [0.2, 0.25) is 5.89 Å². The highest BCUT2D eigenvalue weighted by Gasteiger charge is 2.08. The lowest BCUT2D eigenvalue weighted by Crippen LogP contribution is -1.84. The summed E-state index contributed by atoms with van der Waals surface area (Å²) in [5.74, 6) is -1.07. The molecular weight excluding hydrogens is 303 g/mol. The van der Waals surface area contributed by atoms with E-state index in [1.807, 2.05) is 22.6 Å². The molecule has 0 saturated heterocycles.